The summed E-state index contributed by atoms with van der Waals surface area (Å²) in [6.07, 6.45) is 8.84. The lowest BCUT2D eigenvalue weighted by molar-refractivity contribution is 0.0773. The van der Waals surface area contributed by atoms with Gasteiger partial charge in [-0.05, 0) is 113 Å². The van der Waals surface area contributed by atoms with Crippen molar-refractivity contribution >= 4 is 17.2 Å². The van der Waals surface area contributed by atoms with Crippen LogP contribution in [0.4, 0.5) is 5.69 Å². The summed E-state index contributed by atoms with van der Waals surface area (Å²) in [4.78, 5) is 14.7. The third-order valence-electron chi connectivity index (χ3n) is 8.28. The smallest absolute Gasteiger partial charge is 0.253 e. The zero-order chi connectivity index (χ0) is 25.5. The molecule has 2 aromatic carbocycles. The van der Waals surface area contributed by atoms with Crippen molar-refractivity contribution in [1.29, 1.82) is 0 Å². The van der Waals surface area contributed by atoms with Gasteiger partial charge in [0.2, 0.25) is 0 Å². The number of anilines is 1. The number of piperidine rings is 1. The van der Waals surface area contributed by atoms with Crippen LogP contribution in [0.15, 0.2) is 54.1 Å². The van der Waals surface area contributed by atoms with E-state index in [-0.39, 0.29) is 11.4 Å². The van der Waals surface area contributed by atoms with E-state index in [9.17, 15) is 4.79 Å². The third kappa shape index (κ3) is 6.21. The predicted octanol–water partition coefficient (Wildman–Crippen LogP) is 7.12. The highest BCUT2D eigenvalue weighted by atomic mass is 16.2. The van der Waals surface area contributed by atoms with Gasteiger partial charge in [-0.1, -0.05) is 49.1 Å². The van der Waals surface area contributed by atoms with E-state index < -0.39 is 0 Å². The van der Waals surface area contributed by atoms with Crippen molar-refractivity contribution in [1.82, 2.24) is 10.2 Å². The normalized spacial score (nSPS) is 17.1. The number of hydrogen-bond donors (Lipinski definition) is 2. The van der Waals surface area contributed by atoms with Crippen molar-refractivity contribution < 1.29 is 4.79 Å². The molecule has 1 heterocycles. The van der Waals surface area contributed by atoms with Crippen LogP contribution < -0.4 is 10.6 Å². The molecule has 194 valence electrons. The third-order valence-corrected chi connectivity index (χ3v) is 8.28. The van der Waals surface area contributed by atoms with Crippen molar-refractivity contribution in [3.63, 3.8) is 0 Å². The maximum Gasteiger partial charge on any atom is 0.253 e. The van der Waals surface area contributed by atoms with Gasteiger partial charge in [0.1, 0.15) is 0 Å². The van der Waals surface area contributed by atoms with Crippen molar-refractivity contribution in [3.8, 4) is 0 Å². The minimum absolute atomic E-state index is 0.0769. The molecule has 0 bridgehead atoms. The number of benzene rings is 2. The Morgan fingerprint density at radius 3 is 2.19 bits per heavy atom. The van der Waals surface area contributed by atoms with Crippen molar-refractivity contribution in [3.05, 3.63) is 70.8 Å². The molecule has 0 unspecified atom stereocenters. The Morgan fingerprint density at radius 2 is 1.56 bits per heavy atom. The quantitative estimate of drug-likeness (QED) is 0.416. The molecule has 0 atom stereocenters. The molecule has 1 aliphatic carbocycles. The van der Waals surface area contributed by atoms with Crippen LogP contribution in [0.2, 0.25) is 0 Å². The molecule has 1 amide bonds. The van der Waals surface area contributed by atoms with Crippen LogP contribution in [0.25, 0.3) is 5.57 Å². The molecular weight excluding hydrogens is 442 g/mol. The number of nitrogens with zero attached hydrogens (tertiary/aromatic N) is 1. The minimum Gasteiger partial charge on any atom is -0.380 e. The molecule has 0 aromatic heterocycles. The van der Waals surface area contributed by atoms with Gasteiger partial charge in [-0.2, -0.15) is 0 Å². The molecular formula is C32H45N3O. The van der Waals surface area contributed by atoms with Gasteiger partial charge in [-0.15, -0.1) is 0 Å². The Morgan fingerprint density at radius 1 is 0.917 bits per heavy atom. The fourth-order valence-electron chi connectivity index (χ4n) is 6.08. The van der Waals surface area contributed by atoms with E-state index in [1.165, 1.54) is 60.1 Å². The number of carbonyl (C=O) groups is 1. The van der Waals surface area contributed by atoms with E-state index in [2.05, 4.69) is 60.9 Å². The molecule has 36 heavy (non-hydrogen) atoms. The molecule has 4 rings (SSSR count). The summed E-state index contributed by atoms with van der Waals surface area (Å²) in [6.45, 7) is 12.3. The second-order valence-electron chi connectivity index (χ2n) is 11.0. The summed E-state index contributed by atoms with van der Waals surface area (Å²) in [6, 6.07) is 17.3. The summed E-state index contributed by atoms with van der Waals surface area (Å²) in [5, 5.41) is 7.41. The average molecular weight is 488 g/mol. The molecule has 4 nitrogen and oxygen atoms in total. The summed E-state index contributed by atoms with van der Waals surface area (Å²) < 4.78 is 0. The van der Waals surface area contributed by atoms with Crippen LogP contribution in [0.3, 0.4) is 0 Å². The number of hydrogen-bond acceptors (Lipinski definition) is 3. The molecule has 1 saturated heterocycles. The SMILES string of the molecule is CCN(CC)C(=O)c1ccc(C(=C2CCNCC2)c2cccc(NC(C)(C)C3CCCCC3)c2)cc1. The molecule has 2 aliphatic rings. The van der Waals surface area contributed by atoms with Gasteiger partial charge in [0.05, 0.1) is 0 Å². The van der Waals surface area contributed by atoms with Crippen LogP contribution in [-0.2, 0) is 0 Å². The van der Waals surface area contributed by atoms with Crippen LogP contribution >= 0.6 is 0 Å². The molecule has 2 fully saturated rings. The highest BCUT2D eigenvalue weighted by Crippen LogP contribution is 2.36. The first kappa shape index (κ1) is 26.5. The fourth-order valence-corrected chi connectivity index (χ4v) is 6.08. The molecule has 2 aromatic rings. The standard InChI is InChI=1S/C32H45N3O/c1-5-35(6-2)31(36)26-17-15-24(16-18-26)30(25-19-21-33-22-20-25)27-11-10-14-29(23-27)34-32(3,4)28-12-8-7-9-13-28/h10-11,14-18,23,28,33-34H,5-9,12-13,19-22H2,1-4H3. The number of nitrogens with one attached hydrogen (secondary N) is 2. The first-order valence-electron chi connectivity index (χ1n) is 14.1. The minimum atomic E-state index is 0.0769. The van der Waals surface area contributed by atoms with Gasteiger partial charge in [-0.3, -0.25) is 4.79 Å². The van der Waals surface area contributed by atoms with Gasteiger partial charge in [0, 0.05) is 29.9 Å². The second-order valence-corrected chi connectivity index (χ2v) is 11.0. The first-order chi connectivity index (χ1) is 17.4. The summed E-state index contributed by atoms with van der Waals surface area (Å²) in [7, 11) is 0. The molecule has 0 spiro atoms. The van der Waals surface area contributed by atoms with Gasteiger partial charge in [0.25, 0.3) is 5.91 Å². The average Bonchev–Trinajstić information content (AvgIpc) is 2.91. The summed E-state index contributed by atoms with van der Waals surface area (Å²) in [5.41, 5.74) is 7.34. The maximum atomic E-state index is 12.9. The highest BCUT2D eigenvalue weighted by Gasteiger charge is 2.30. The van der Waals surface area contributed by atoms with Crippen LogP contribution in [0.1, 0.15) is 94.1 Å². The Labute approximate surface area is 218 Å². The molecule has 0 radical (unpaired) electrons. The largest absolute Gasteiger partial charge is 0.380 e. The molecule has 1 saturated carbocycles. The lowest BCUT2D eigenvalue weighted by Gasteiger charge is -2.38. The fraction of sp³-hybridized carbons (Fsp3) is 0.531. The maximum absolute atomic E-state index is 12.9. The zero-order valence-electron chi connectivity index (χ0n) is 22.8. The number of rotatable bonds is 8. The Bertz CT molecular complexity index is 1040. The van der Waals surface area contributed by atoms with Crippen molar-refractivity contribution in [2.45, 2.75) is 78.2 Å². The Balaban J connectivity index is 1.64. The predicted molar refractivity (Wildman–Crippen MR) is 153 cm³/mol. The van der Waals surface area contributed by atoms with Crippen LogP contribution in [0.5, 0.6) is 0 Å². The zero-order valence-corrected chi connectivity index (χ0v) is 22.8. The number of carbonyl (C=O) groups excluding carboxylic acids is 1. The topological polar surface area (TPSA) is 44.4 Å². The van der Waals surface area contributed by atoms with Crippen LogP contribution in [-0.4, -0.2) is 42.5 Å². The monoisotopic (exact) mass is 487 g/mol. The molecule has 4 heteroatoms. The van der Waals surface area contributed by atoms with Gasteiger partial charge in [-0.25, -0.2) is 0 Å². The van der Waals surface area contributed by atoms with E-state index in [0.717, 1.165) is 44.6 Å². The Hall–Kier alpha value is -2.59. The molecule has 2 N–H and O–H groups in total. The highest BCUT2D eigenvalue weighted by molar-refractivity contribution is 5.95. The lowest BCUT2D eigenvalue weighted by atomic mass is 9.76. The second kappa shape index (κ2) is 12.1. The van der Waals surface area contributed by atoms with Crippen LogP contribution in [0, 0.1) is 5.92 Å². The summed E-state index contributed by atoms with van der Waals surface area (Å²) >= 11 is 0. The lowest BCUT2D eigenvalue weighted by Crippen LogP contribution is -2.40. The van der Waals surface area contributed by atoms with Gasteiger partial charge in [0.15, 0.2) is 0 Å². The Kier molecular flexibility index (Phi) is 8.90. The van der Waals surface area contributed by atoms with Crippen molar-refractivity contribution in [2.24, 2.45) is 5.92 Å². The summed E-state index contributed by atoms with van der Waals surface area (Å²) in [5.74, 6) is 0.826. The van der Waals surface area contributed by atoms with Gasteiger partial charge >= 0.3 is 0 Å². The van der Waals surface area contributed by atoms with Gasteiger partial charge < -0.3 is 15.5 Å². The first-order valence-corrected chi connectivity index (χ1v) is 14.1. The molecule has 1 aliphatic heterocycles. The van der Waals surface area contributed by atoms with E-state index in [1.807, 2.05) is 30.9 Å². The van der Waals surface area contributed by atoms with E-state index in [4.69, 9.17) is 0 Å². The van der Waals surface area contributed by atoms with E-state index >= 15 is 0 Å². The van der Waals surface area contributed by atoms with E-state index in [0.29, 0.717) is 5.92 Å². The number of amides is 1. The van der Waals surface area contributed by atoms with Crippen molar-refractivity contribution in [2.75, 3.05) is 31.5 Å². The van der Waals surface area contributed by atoms with E-state index in [1.54, 1.807) is 0 Å².